The number of cyclic esters (lactones) is 1. The molecular formula is C10H16O3. The van der Waals surface area contributed by atoms with E-state index in [4.69, 9.17) is 9.47 Å². The molecule has 1 heterocycles. The van der Waals surface area contributed by atoms with E-state index in [1.807, 2.05) is 0 Å². The van der Waals surface area contributed by atoms with E-state index in [2.05, 4.69) is 0 Å². The Morgan fingerprint density at radius 2 is 2.00 bits per heavy atom. The average molecular weight is 184 g/mol. The van der Waals surface area contributed by atoms with Gasteiger partial charge in [0, 0.05) is 7.11 Å². The fourth-order valence-corrected chi connectivity index (χ4v) is 2.36. The molecule has 1 saturated carbocycles. The number of esters is 1. The molecule has 1 aliphatic carbocycles. The van der Waals surface area contributed by atoms with Crippen molar-refractivity contribution in [2.24, 2.45) is 5.92 Å². The van der Waals surface area contributed by atoms with Gasteiger partial charge in [0.2, 0.25) is 0 Å². The molecule has 0 N–H and O–H groups in total. The topological polar surface area (TPSA) is 35.5 Å². The van der Waals surface area contributed by atoms with Gasteiger partial charge in [0.05, 0.1) is 0 Å². The van der Waals surface area contributed by atoms with Gasteiger partial charge in [-0.25, -0.2) is 4.79 Å². The van der Waals surface area contributed by atoms with Crippen molar-refractivity contribution in [3.8, 4) is 0 Å². The van der Waals surface area contributed by atoms with Crippen LogP contribution in [0.2, 0.25) is 0 Å². The molecule has 0 radical (unpaired) electrons. The Morgan fingerprint density at radius 1 is 1.31 bits per heavy atom. The minimum absolute atomic E-state index is 0.0535. The zero-order valence-electron chi connectivity index (χ0n) is 7.99. The highest BCUT2D eigenvalue weighted by Crippen LogP contribution is 2.34. The second-order valence-corrected chi connectivity index (χ2v) is 3.96. The largest absolute Gasteiger partial charge is 0.457 e. The number of carbonyl (C=O) groups excluding carboxylic acids is 1. The third-order valence-corrected chi connectivity index (χ3v) is 3.15. The highest BCUT2D eigenvalue weighted by atomic mass is 16.6. The zero-order valence-corrected chi connectivity index (χ0v) is 7.99. The molecule has 2 fully saturated rings. The minimum atomic E-state index is -0.275. The first-order chi connectivity index (χ1) is 6.33. The van der Waals surface area contributed by atoms with E-state index in [0.717, 1.165) is 0 Å². The summed E-state index contributed by atoms with van der Waals surface area (Å²) in [5.41, 5.74) is 0. The lowest BCUT2D eigenvalue weighted by atomic mass is 9.81. The Kier molecular flexibility index (Phi) is 2.54. The molecule has 0 unspecified atom stereocenters. The molecule has 1 saturated heterocycles. The zero-order chi connectivity index (χ0) is 9.26. The van der Waals surface area contributed by atoms with Crippen LogP contribution in [0.1, 0.15) is 32.1 Å². The molecule has 0 aromatic heterocycles. The van der Waals surface area contributed by atoms with Crippen LogP contribution in [0.4, 0.5) is 0 Å². The number of hydrogen-bond acceptors (Lipinski definition) is 3. The first-order valence-electron chi connectivity index (χ1n) is 5.06. The number of ether oxygens (including phenoxy) is 2. The van der Waals surface area contributed by atoms with Gasteiger partial charge in [-0.15, -0.1) is 0 Å². The molecule has 13 heavy (non-hydrogen) atoms. The van der Waals surface area contributed by atoms with Crippen LogP contribution >= 0.6 is 0 Å². The maximum atomic E-state index is 11.0. The predicted octanol–water partition coefficient (Wildman–Crippen LogP) is 1.51. The van der Waals surface area contributed by atoms with Crippen molar-refractivity contribution in [1.29, 1.82) is 0 Å². The summed E-state index contributed by atoms with van der Waals surface area (Å²) in [5.74, 6) is 0.370. The van der Waals surface area contributed by atoms with Gasteiger partial charge in [-0.3, -0.25) is 0 Å². The Bertz CT molecular complexity index is 196. The highest BCUT2D eigenvalue weighted by molar-refractivity contribution is 5.81. The Morgan fingerprint density at radius 3 is 2.54 bits per heavy atom. The Hall–Kier alpha value is -0.570. The van der Waals surface area contributed by atoms with E-state index >= 15 is 0 Å². The van der Waals surface area contributed by atoms with Gasteiger partial charge in [-0.1, -0.05) is 19.3 Å². The van der Waals surface area contributed by atoms with Crippen molar-refractivity contribution >= 4 is 5.97 Å². The van der Waals surface area contributed by atoms with Crippen molar-refractivity contribution in [2.75, 3.05) is 7.11 Å². The van der Waals surface area contributed by atoms with E-state index in [1.54, 1.807) is 7.11 Å². The van der Waals surface area contributed by atoms with Crippen LogP contribution in [0, 0.1) is 5.92 Å². The van der Waals surface area contributed by atoms with E-state index in [9.17, 15) is 4.79 Å². The lowest BCUT2D eigenvalue weighted by Crippen LogP contribution is -2.55. The van der Waals surface area contributed by atoms with Crippen molar-refractivity contribution in [2.45, 2.75) is 44.3 Å². The summed E-state index contributed by atoms with van der Waals surface area (Å²) >= 11 is 0. The molecule has 2 atom stereocenters. The van der Waals surface area contributed by atoms with Crippen molar-refractivity contribution in [1.82, 2.24) is 0 Å². The fourth-order valence-electron chi connectivity index (χ4n) is 2.36. The molecule has 0 aromatic rings. The third kappa shape index (κ3) is 1.57. The summed E-state index contributed by atoms with van der Waals surface area (Å²) in [5, 5.41) is 0. The first kappa shape index (κ1) is 9.00. The van der Waals surface area contributed by atoms with Crippen molar-refractivity contribution in [3.63, 3.8) is 0 Å². The highest BCUT2D eigenvalue weighted by Gasteiger charge is 2.47. The van der Waals surface area contributed by atoms with Crippen molar-refractivity contribution < 1.29 is 14.3 Å². The van der Waals surface area contributed by atoms with E-state index in [1.165, 1.54) is 32.1 Å². The first-order valence-corrected chi connectivity index (χ1v) is 5.06. The fraction of sp³-hybridized carbons (Fsp3) is 0.900. The second-order valence-electron chi connectivity index (χ2n) is 3.96. The maximum Gasteiger partial charge on any atom is 0.339 e. The Balaban J connectivity index is 1.89. The third-order valence-electron chi connectivity index (χ3n) is 3.15. The second kappa shape index (κ2) is 3.66. The van der Waals surface area contributed by atoms with Gasteiger partial charge in [0.1, 0.15) is 6.10 Å². The average Bonchev–Trinajstić information content (AvgIpc) is 2.16. The maximum absolute atomic E-state index is 11.0. The van der Waals surface area contributed by atoms with Gasteiger partial charge in [-0.2, -0.15) is 0 Å². The van der Waals surface area contributed by atoms with Gasteiger partial charge in [0.25, 0.3) is 0 Å². The lowest BCUT2D eigenvalue weighted by Gasteiger charge is -2.40. The van der Waals surface area contributed by atoms with Crippen LogP contribution in [-0.4, -0.2) is 25.3 Å². The predicted molar refractivity (Wildman–Crippen MR) is 47.3 cm³/mol. The van der Waals surface area contributed by atoms with Crippen LogP contribution in [0.25, 0.3) is 0 Å². The molecule has 0 aromatic carbocycles. The molecule has 0 amide bonds. The Labute approximate surface area is 78.4 Å². The molecule has 3 heteroatoms. The molecule has 2 aliphatic rings. The minimum Gasteiger partial charge on any atom is -0.457 e. The summed E-state index contributed by atoms with van der Waals surface area (Å²) in [6.07, 6.45) is 6.04. The lowest BCUT2D eigenvalue weighted by molar-refractivity contribution is -0.211. The van der Waals surface area contributed by atoms with E-state index < -0.39 is 0 Å². The van der Waals surface area contributed by atoms with Crippen LogP contribution in [-0.2, 0) is 14.3 Å². The molecule has 1 aliphatic heterocycles. The number of carbonyl (C=O) groups is 1. The smallest absolute Gasteiger partial charge is 0.339 e. The normalized spacial score (nSPS) is 35.3. The molecule has 74 valence electrons. The van der Waals surface area contributed by atoms with E-state index in [-0.39, 0.29) is 18.2 Å². The van der Waals surface area contributed by atoms with E-state index in [0.29, 0.717) is 5.92 Å². The molecule has 2 rings (SSSR count). The standard InChI is InChI=1S/C10H16O3/c1-12-9-8(13-10(9)11)7-5-3-2-4-6-7/h7-9H,2-6H2,1H3/t8-,9-/m0/s1. The molecule has 0 bridgehead atoms. The molecule has 3 nitrogen and oxygen atoms in total. The monoisotopic (exact) mass is 184 g/mol. The van der Waals surface area contributed by atoms with Gasteiger partial charge >= 0.3 is 5.97 Å². The number of hydrogen-bond donors (Lipinski definition) is 0. The van der Waals surface area contributed by atoms with Crippen LogP contribution in [0.5, 0.6) is 0 Å². The van der Waals surface area contributed by atoms with Crippen LogP contribution < -0.4 is 0 Å². The van der Waals surface area contributed by atoms with Gasteiger partial charge < -0.3 is 9.47 Å². The molecule has 0 spiro atoms. The van der Waals surface area contributed by atoms with Crippen LogP contribution in [0.15, 0.2) is 0 Å². The van der Waals surface area contributed by atoms with Crippen LogP contribution in [0.3, 0.4) is 0 Å². The van der Waals surface area contributed by atoms with Gasteiger partial charge in [-0.05, 0) is 18.8 Å². The molecular weight excluding hydrogens is 168 g/mol. The summed E-state index contributed by atoms with van der Waals surface area (Å²) in [6.45, 7) is 0. The number of methoxy groups -OCH3 is 1. The summed E-state index contributed by atoms with van der Waals surface area (Å²) < 4.78 is 10.2. The number of rotatable bonds is 2. The van der Waals surface area contributed by atoms with Gasteiger partial charge in [0.15, 0.2) is 6.10 Å². The van der Waals surface area contributed by atoms with Crippen molar-refractivity contribution in [3.05, 3.63) is 0 Å². The SMILES string of the molecule is CO[C@@H]1C(=O)O[C@H]1C1CCCCC1. The summed E-state index contributed by atoms with van der Waals surface area (Å²) in [6, 6.07) is 0. The quantitative estimate of drug-likeness (QED) is 0.610. The summed E-state index contributed by atoms with van der Waals surface area (Å²) in [4.78, 5) is 11.0. The summed E-state index contributed by atoms with van der Waals surface area (Å²) in [7, 11) is 1.58.